The van der Waals surface area contributed by atoms with Gasteiger partial charge in [0.05, 0.1) is 0 Å². The molecule has 0 bridgehead atoms. The Kier molecular flexibility index (Phi) is 5.88. The molecule has 0 aliphatic heterocycles. The second-order valence-electron chi connectivity index (χ2n) is 2.22. The highest BCUT2D eigenvalue weighted by Crippen LogP contribution is 2.09. The number of nitrogens with two attached hydrogens (primary N) is 1. The molecule has 0 saturated carbocycles. The van der Waals surface area contributed by atoms with Gasteiger partial charge in [-0.25, -0.2) is 0 Å². The van der Waals surface area contributed by atoms with E-state index in [1.807, 2.05) is 0 Å². The van der Waals surface area contributed by atoms with Crippen LogP contribution in [0.5, 0.6) is 0 Å². The Morgan fingerprint density at radius 3 is 1.54 bits per heavy atom. The third kappa shape index (κ3) is 3.43. The van der Waals surface area contributed by atoms with Crippen LogP contribution in [0.2, 0.25) is 0 Å². The van der Waals surface area contributed by atoms with E-state index >= 15 is 0 Å². The third-order valence-electron chi connectivity index (χ3n) is 1.30. The maximum atomic E-state index is 11.1. The second kappa shape index (κ2) is 6.09. The van der Waals surface area contributed by atoms with Crippen LogP contribution in [0.4, 0.5) is 4.79 Å². The van der Waals surface area contributed by atoms with E-state index in [1.165, 1.54) is 0 Å². The number of hydrogen-bond acceptors (Lipinski definition) is 4. The van der Waals surface area contributed by atoms with E-state index in [-0.39, 0.29) is 0 Å². The van der Waals surface area contributed by atoms with Crippen molar-refractivity contribution >= 4 is 14.3 Å². The van der Waals surface area contributed by atoms with Crippen molar-refractivity contribution in [1.82, 2.24) is 0 Å². The van der Waals surface area contributed by atoms with E-state index < -0.39 is 14.3 Å². The molecule has 0 heterocycles. The fourth-order valence-corrected chi connectivity index (χ4v) is 2.73. The molecule has 0 radical (unpaired) electrons. The second-order valence-corrected chi connectivity index (χ2v) is 4.69. The average molecular weight is 207 g/mol. The molecule has 0 aliphatic rings. The first-order valence-electron chi connectivity index (χ1n) is 4.34. The minimum Gasteiger partial charge on any atom is -0.368 e. The van der Waals surface area contributed by atoms with Crippen molar-refractivity contribution in [2.24, 2.45) is 5.73 Å². The first-order chi connectivity index (χ1) is 6.13. The van der Waals surface area contributed by atoms with Crippen LogP contribution in [0.25, 0.3) is 0 Å². The van der Waals surface area contributed by atoms with E-state index in [9.17, 15) is 4.79 Å². The number of primary amides is 1. The Labute approximate surface area is 79.5 Å². The Balaban J connectivity index is 4.48. The quantitative estimate of drug-likeness (QED) is 0.624. The summed E-state index contributed by atoms with van der Waals surface area (Å²) in [7, 11) is -3.23. The zero-order valence-corrected chi connectivity index (χ0v) is 9.33. The highest BCUT2D eigenvalue weighted by atomic mass is 28.4. The van der Waals surface area contributed by atoms with E-state index in [1.54, 1.807) is 20.8 Å². The molecule has 13 heavy (non-hydrogen) atoms. The van der Waals surface area contributed by atoms with Crippen LogP contribution < -0.4 is 5.73 Å². The Morgan fingerprint density at radius 2 is 1.38 bits per heavy atom. The predicted octanol–water partition coefficient (Wildman–Crippen LogP) is 0.695. The van der Waals surface area contributed by atoms with E-state index in [0.717, 1.165) is 0 Å². The lowest BCUT2D eigenvalue weighted by molar-refractivity contribution is 0.0803. The van der Waals surface area contributed by atoms with Gasteiger partial charge in [-0.05, 0) is 20.8 Å². The summed E-state index contributed by atoms with van der Waals surface area (Å²) in [6.07, 6.45) is 0. The minimum atomic E-state index is -3.23. The largest absolute Gasteiger partial charge is 0.597 e. The molecular formula is C7H17NO4Si. The van der Waals surface area contributed by atoms with Gasteiger partial charge >= 0.3 is 8.80 Å². The van der Waals surface area contributed by atoms with E-state index in [2.05, 4.69) is 0 Å². The SMILES string of the molecule is CCO[Si](OCC)(OCC)C(N)=O. The normalized spacial score (nSPS) is 11.6. The minimum absolute atomic E-state index is 0.356. The van der Waals surface area contributed by atoms with Gasteiger partial charge in [0.1, 0.15) is 0 Å². The van der Waals surface area contributed by atoms with Crippen molar-refractivity contribution in [3.8, 4) is 0 Å². The van der Waals surface area contributed by atoms with Crippen molar-refractivity contribution in [2.75, 3.05) is 19.8 Å². The van der Waals surface area contributed by atoms with E-state index in [4.69, 9.17) is 19.0 Å². The van der Waals surface area contributed by atoms with Gasteiger partial charge in [0.15, 0.2) is 0 Å². The lowest BCUT2D eigenvalue weighted by Gasteiger charge is -2.24. The van der Waals surface area contributed by atoms with Crippen molar-refractivity contribution in [2.45, 2.75) is 20.8 Å². The standard InChI is InChI=1S/C7H17NO4Si/c1-4-10-13(7(8)9,11-5-2)12-6-3/h4-6H2,1-3H3,(H2,8,9). The summed E-state index contributed by atoms with van der Waals surface area (Å²) in [6.45, 7) is 6.37. The van der Waals surface area contributed by atoms with Crippen LogP contribution in [-0.4, -0.2) is 34.2 Å². The van der Waals surface area contributed by atoms with Gasteiger partial charge < -0.3 is 19.0 Å². The molecule has 78 valence electrons. The molecule has 6 heteroatoms. The van der Waals surface area contributed by atoms with Crippen LogP contribution >= 0.6 is 0 Å². The summed E-state index contributed by atoms with van der Waals surface area (Å²) in [5.41, 5.74) is 4.55. The highest BCUT2D eigenvalue weighted by Gasteiger charge is 2.48. The van der Waals surface area contributed by atoms with Gasteiger partial charge in [-0.3, -0.25) is 4.79 Å². The third-order valence-corrected chi connectivity index (χ3v) is 3.91. The number of rotatable bonds is 7. The highest BCUT2D eigenvalue weighted by molar-refractivity contribution is 6.91. The lowest BCUT2D eigenvalue weighted by atomic mass is 10.9. The Hall–Kier alpha value is -0.433. The molecule has 0 unspecified atom stereocenters. The molecule has 0 rings (SSSR count). The number of carbonyl (C=O) groups excluding carboxylic acids is 1. The predicted molar refractivity (Wildman–Crippen MR) is 50.2 cm³/mol. The van der Waals surface area contributed by atoms with Crippen molar-refractivity contribution in [3.63, 3.8) is 0 Å². The molecular weight excluding hydrogens is 190 g/mol. The molecule has 0 spiro atoms. The zero-order valence-electron chi connectivity index (χ0n) is 8.33. The first kappa shape index (κ1) is 12.6. The fraction of sp³-hybridized carbons (Fsp3) is 0.857. The zero-order chi connectivity index (χ0) is 10.3. The molecule has 0 aromatic heterocycles. The van der Waals surface area contributed by atoms with E-state index in [0.29, 0.717) is 19.8 Å². The molecule has 0 aliphatic carbocycles. The first-order valence-corrected chi connectivity index (χ1v) is 6.07. The molecule has 0 saturated heterocycles. The van der Waals surface area contributed by atoms with Crippen LogP contribution in [0.15, 0.2) is 0 Å². The maximum absolute atomic E-state index is 11.1. The molecule has 0 aromatic carbocycles. The summed E-state index contributed by atoms with van der Waals surface area (Å²) in [4.78, 5) is 11.1. The summed E-state index contributed by atoms with van der Waals surface area (Å²) in [5.74, 6) is 0. The van der Waals surface area contributed by atoms with Crippen LogP contribution in [-0.2, 0) is 13.3 Å². The van der Waals surface area contributed by atoms with Crippen molar-refractivity contribution in [3.05, 3.63) is 0 Å². The Morgan fingerprint density at radius 1 is 1.08 bits per heavy atom. The van der Waals surface area contributed by atoms with Crippen LogP contribution in [0, 0.1) is 0 Å². The number of carbonyl (C=O) groups is 1. The molecule has 2 N–H and O–H groups in total. The van der Waals surface area contributed by atoms with Gasteiger partial charge in [-0.2, -0.15) is 0 Å². The van der Waals surface area contributed by atoms with Gasteiger partial charge in [-0.15, -0.1) is 0 Å². The van der Waals surface area contributed by atoms with Crippen LogP contribution in [0.3, 0.4) is 0 Å². The smallest absolute Gasteiger partial charge is 0.368 e. The van der Waals surface area contributed by atoms with Crippen molar-refractivity contribution in [1.29, 1.82) is 0 Å². The number of amides is 1. The summed E-state index contributed by atoms with van der Waals surface area (Å²) in [5, 5.41) is 0. The molecule has 0 atom stereocenters. The molecule has 0 aromatic rings. The number of hydrogen-bond donors (Lipinski definition) is 1. The summed E-state index contributed by atoms with van der Waals surface area (Å²) >= 11 is 0. The van der Waals surface area contributed by atoms with Crippen LogP contribution in [0.1, 0.15) is 20.8 Å². The summed E-state index contributed by atoms with van der Waals surface area (Å²) < 4.78 is 15.6. The summed E-state index contributed by atoms with van der Waals surface area (Å²) in [6, 6.07) is 0. The Bertz CT molecular complexity index is 148. The molecule has 5 nitrogen and oxygen atoms in total. The van der Waals surface area contributed by atoms with Gasteiger partial charge in [-0.1, -0.05) is 0 Å². The molecule has 0 fully saturated rings. The fourth-order valence-electron chi connectivity index (χ4n) is 0.908. The van der Waals surface area contributed by atoms with Crippen molar-refractivity contribution < 1.29 is 18.1 Å². The lowest BCUT2D eigenvalue weighted by Crippen LogP contribution is -2.56. The maximum Gasteiger partial charge on any atom is 0.597 e. The monoisotopic (exact) mass is 207 g/mol. The average Bonchev–Trinajstić information content (AvgIpc) is 2.05. The van der Waals surface area contributed by atoms with Gasteiger partial charge in [0.2, 0.25) is 0 Å². The van der Waals surface area contributed by atoms with Gasteiger partial charge in [0.25, 0.3) is 5.53 Å². The van der Waals surface area contributed by atoms with Gasteiger partial charge in [0, 0.05) is 19.8 Å². The topological polar surface area (TPSA) is 70.8 Å². The molecule has 1 amide bonds.